The molecule has 0 spiro atoms. The molecule has 74 valence electrons. The molecule has 2 heterocycles. The summed E-state index contributed by atoms with van der Waals surface area (Å²) < 4.78 is 12.8. The van der Waals surface area contributed by atoms with Crippen LogP contribution in [0.5, 0.6) is 0 Å². The van der Waals surface area contributed by atoms with Crippen molar-refractivity contribution in [2.24, 2.45) is 0 Å². The average Bonchev–Trinajstić information content (AvgIpc) is 2.29. The zero-order chi connectivity index (χ0) is 10.7. The van der Waals surface area contributed by atoms with Crippen molar-refractivity contribution in [2.75, 3.05) is 0 Å². The number of ketones is 1. The van der Waals surface area contributed by atoms with Crippen molar-refractivity contribution in [1.29, 1.82) is 0 Å². The summed E-state index contributed by atoms with van der Waals surface area (Å²) in [7, 11) is 0. The lowest BCUT2D eigenvalue weighted by molar-refractivity contribution is 0.103. The molecule has 0 saturated carbocycles. The molecular formula is C11H7FN2O. The van der Waals surface area contributed by atoms with Crippen LogP contribution in [0.2, 0.25) is 0 Å². The van der Waals surface area contributed by atoms with E-state index in [1.165, 1.54) is 12.4 Å². The van der Waals surface area contributed by atoms with E-state index in [1.54, 1.807) is 18.3 Å². The lowest BCUT2D eigenvalue weighted by Crippen LogP contribution is -2.02. The molecule has 0 atom stereocenters. The molecule has 3 nitrogen and oxygen atoms in total. The highest BCUT2D eigenvalue weighted by Gasteiger charge is 2.09. The molecule has 2 aromatic rings. The van der Waals surface area contributed by atoms with Crippen LogP contribution in [-0.4, -0.2) is 15.8 Å². The lowest BCUT2D eigenvalue weighted by atomic mass is 10.1. The molecule has 4 heteroatoms. The number of halogens is 1. The summed E-state index contributed by atoms with van der Waals surface area (Å²) in [6.45, 7) is 0. The van der Waals surface area contributed by atoms with Crippen LogP contribution in [-0.2, 0) is 0 Å². The van der Waals surface area contributed by atoms with Gasteiger partial charge in [0.2, 0.25) is 0 Å². The topological polar surface area (TPSA) is 42.9 Å². The molecule has 0 aliphatic carbocycles. The van der Waals surface area contributed by atoms with Gasteiger partial charge in [-0.25, -0.2) is 4.39 Å². The van der Waals surface area contributed by atoms with E-state index < -0.39 is 5.82 Å². The Balaban J connectivity index is 2.37. The van der Waals surface area contributed by atoms with Crippen LogP contribution in [0.15, 0.2) is 43.0 Å². The maximum Gasteiger partial charge on any atom is 0.196 e. The number of carbonyl (C=O) groups is 1. The van der Waals surface area contributed by atoms with Crippen LogP contribution in [0.25, 0.3) is 0 Å². The Morgan fingerprint density at radius 2 is 1.93 bits per heavy atom. The Bertz CT molecular complexity index is 485. The SMILES string of the molecule is O=C(c1cccnc1)c1cncc(F)c1. The van der Waals surface area contributed by atoms with Gasteiger partial charge in [-0.3, -0.25) is 14.8 Å². The molecule has 0 saturated heterocycles. The number of carbonyl (C=O) groups excluding carboxylic acids is 1. The quantitative estimate of drug-likeness (QED) is 0.698. The van der Waals surface area contributed by atoms with Crippen molar-refractivity contribution in [3.05, 3.63) is 59.9 Å². The molecule has 0 fully saturated rings. The van der Waals surface area contributed by atoms with E-state index in [9.17, 15) is 9.18 Å². The Morgan fingerprint density at radius 3 is 2.60 bits per heavy atom. The lowest BCUT2D eigenvalue weighted by Gasteiger charge is -1.99. The van der Waals surface area contributed by atoms with Gasteiger partial charge in [-0.2, -0.15) is 0 Å². The normalized spacial score (nSPS) is 9.93. The highest BCUT2D eigenvalue weighted by molar-refractivity contribution is 6.08. The third-order valence-corrected chi connectivity index (χ3v) is 1.89. The van der Waals surface area contributed by atoms with Crippen LogP contribution in [0.3, 0.4) is 0 Å². The van der Waals surface area contributed by atoms with Gasteiger partial charge in [0, 0.05) is 29.7 Å². The first-order valence-electron chi connectivity index (χ1n) is 4.32. The summed E-state index contributed by atoms with van der Waals surface area (Å²) in [6.07, 6.45) is 5.40. The maximum atomic E-state index is 12.8. The number of nitrogens with zero attached hydrogens (tertiary/aromatic N) is 2. The molecule has 0 aromatic carbocycles. The van der Waals surface area contributed by atoms with Crippen molar-refractivity contribution in [2.45, 2.75) is 0 Å². The van der Waals surface area contributed by atoms with Gasteiger partial charge in [0.1, 0.15) is 5.82 Å². The van der Waals surface area contributed by atoms with Crippen molar-refractivity contribution in [3.63, 3.8) is 0 Å². The second kappa shape index (κ2) is 3.96. The molecule has 2 aromatic heterocycles. The van der Waals surface area contributed by atoms with Crippen molar-refractivity contribution < 1.29 is 9.18 Å². The van der Waals surface area contributed by atoms with Crippen LogP contribution in [0.1, 0.15) is 15.9 Å². The summed E-state index contributed by atoms with van der Waals surface area (Å²) in [5.41, 5.74) is 0.646. The molecule has 0 unspecified atom stereocenters. The van der Waals surface area contributed by atoms with Gasteiger partial charge in [-0.05, 0) is 18.2 Å². The van der Waals surface area contributed by atoms with E-state index in [0.29, 0.717) is 5.56 Å². The highest BCUT2D eigenvalue weighted by atomic mass is 19.1. The molecule has 0 N–H and O–H groups in total. The van der Waals surface area contributed by atoms with Gasteiger partial charge < -0.3 is 0 Å². The monoisotopic (exact) mass is 202 g/mol. The predicted molar refractivity (Wildman–Crippen MR) is 51.9 cm³/mol. The Kier molecular flexibility index (Phi) is 2.49. The largest absolute Gasteiger partial charge is 0.288 e. The number of rotatable bonds is 2. The van der Waals surface area contributed by atoms with E-state index in [4.69, 9.17) is 0 Å². The molecular weight excluding hydrogens is 195 g/mol. The third kappa shape index (κ3) is 2.04. The molecule has 15 heavy (non-hydrogen) atoms. The molecule has 0 radical (unpaired) electrons. The average molecular weight is 202 g/mol. The fourth-order valence-electron chi connectivity index (χ4n) is 1.20. The first kappa shape index (κ1) is 9.45. The van der Waals surface area contributed by atoms with Gasteiger partial charge in [0.05, 0.1) is 6.20 Å². The van der Waals surface area contributed by atoms with E-state index in [2.05, 4.69) is 9.97 Å². The minimum atomic E-state index is -0.523. The van der Waals surface area contributed by atoms with Gasteiger partial charge >= 0.3 is 0 Å². The number of pyridine rings is 2. The van der Waals surface area contributed by atoms with Gasteiger partial charge in [0.25, 0.3) is 0 Å². The number of hydrogen-bond acceptors (Lipinski definition) is 3. The number of hydrogen-bond donors (Lipinski definition) is 0. The molecule has 0 aliphatic rings. The predicted octanol–water partition coefficient (Wildman–Crippen LogP) is 1.85. The standard InChI is InChI=1S/C11H7FN2O/c12-10-4-9(6-14-7-10)11(15)8-2-1-3-13-5-8/h1-7H. The Hall–Kier alpha value is -2.10. The molecule has 0 aliphatic heterocycles. The van der Waals surface area contributed by atoms with Crippen LogP contribution in [0, 0.1) is 5.82 Å². The van der Waals surface area contributed by atoms with E-state index in [-0.39, 0.29) is 11.3 Å². The van der Waals surface area contributed by atoms with Crippen LogP contribution < -0.4 is 0 Å². The van der Waals surface area contributed by atoms with Gasteiger partial charge in [0.15, 0.2) is 5.78 Å². The first-order chi connectivity index (χ1) is 7.27. The summed E-state index contributed by atoms with van der Waals surface area (Å²) in [4.78, 5) is 19.2. The second-order valence-electron chi connectivity index (χ2n) is 2.96. The minimum absolute atomic E-state index is 0.225. The Morgan fingerprint density at radius 1 is 1.13 bits per heavy atom. The zero-order valence-corrected chi connectivity index (χ0v) is 7.72. The smallest absolute Gasteiger partial charge is 0.196 e. The maximum absolute atomic E-state index is 12.8. The van der Waals surface area contributed by atoms with Crippen molar-refractivity contribution in [1.82, 2.24) is 9.97 Å². The second-order valence-corrected chi connectivity index (χ2v) is 2.96. The van der Waals surface area contributed by atoms with Crippen LogP contribution >= 0.6 is 0 Å². The zero-order valence-electron chi connectivity index (χ0n) is 7.72. The molecule has 0 bridgehead atoms. The summed E-state index contributed by atoms with van der Waals surface area (Å²) in [6, 6.07) is 4.43. The van der Waals surface area contributed by atoms with E-state index >= 15 is 0 Å². The fraction of sp³-hybridized carbons (Fsp3) is 0. The Labute approximate surface area is 85.6 Å². The summed E-state index contributed by atoms with van der Waals surface area (Å²) in [5.74, 6) is -0.806. The van der Waals surface area contributed by atoms with Crippen molar-refractivity contribution in [3.8, 4) is 0 Å². The minimum Gasteiger partial charge on any atom is -0.288 e. The molecule has 2 rings (SSSR count). The van der Waals surface area contributed by atoms with Gasteiger partial charge in [-0.1, -0.05) is 0 Å². The highest BCUT2D eigenvalue weighted by Crippen LogP contribution is 2.08. The molecule has 0 amide bonds. The van der Waals surface area contributed by atoms with E-state index in [1.807, 2.05) is 0 Å². The van der Waals surface area contributed by atoms with Crippen molar-refractivity contribution >= 4 is 5.78 Å². The number of aromatic nitrogens is 2. The summed E-state index contributed by atoms with van der Waals surface area (Å²) in [5, 5.41) is 0. The van der Waals surface area contributed by atoms with Gasteiger partial charge in [-0.15, -0.1) is 0 Å². The fourth-order valence-corrected chi connectivity index (χ4v) is 1.20. The van der Waals surface area contributed by atoms with E-state index in [0.717, 1.165) is 12.3 Å². The van der Waals surface area contributed by atoms with Crippen LogP contribution in [0.4, 0.5) is 4.39 Å². The summed E-state index contributed by atoms with van der Waals surface area (Å²) >= 11 is 0. The first-order valence-corrected chi connectivity index (χ1v) is 4.32. The third-order valence-electron chi connectivity index (χ3n) is 1.89.